The van der Waals surface area contributed by atoms with Crippen molar-refractivity contribution in [2.45, 2.75) is 26.2 Å². The van der Waals surface area contributed by atoms with E-state index in [1.54, 1.807) is 0 Å². The standard InChI is InChI=1S/C15H19N3O/c1-11-8-14(3-2-13(11)10-16)18-6-4-12(5-7-18)9-15(17)19/h2-3,8,12H,4-7,9H2,1H3,(H2,17,19). The number of nitrogens with two attached hydrogens (primary N) is 1. The number of hydrogen-bond acceptors (Lipinski definition) is 3. The first kappa shape index (κ1) is 13.4. The Morgan fingerprint density at radius 3 is 2.68 bits per heavy atom. The van der Waals surface area contributed by atoms with Crippen LogP contribution in [0.25, 0.3) is 0 Å². The lowest BCUT2D eigenvalue weighted by molar-refractivity contribution is -0.119. The van der Waals surface area contributed by atoms with Gasteiger partial charge in [-0.15, -0.1) is 0 Å². The van der Waals surface area contributed by atoms with Crippen molar-refractivity contribution < 1.29 is 4.79 Å². The first-order valence-electron chi connectivity index (χ1n) is 6.64. The zero-order valence-corrected chi connectivity index (χ0v) is 11.2. The van der Waals surface area contributed by atoms with Gasteiger partial charge in [0.2, 0.25) is 5.91 Å². The average molecular weight is 257 g/mol. The summed E-state index contributed by atoms with van der Waals surface area (Å²) in [5, 5.41) is 8.93. The summed E-state index contributed by atoms with van der Waals surface area (Å²) in [7, 11) is 0. The smallest absolute Gasteiger partial charge is 0.217 e. The summed E-state index contributed by atoms with van der Waals surface area (Å²) in [6.45, 7) is 3.86. The van der Waals surface area contributed by atoms with Crippen LogP contribution in [-0.4, -0.2) is 19.0 Å². The molecule has 1 aliphatic rings. The van der Waals surface area contributed by atoms with Crippen LogP contribution in [0, 0.1) is 24.2 Å². The van der Waals surface area contributed by atoms with E-state index < -0.39 is 0 Å². The van der Waals surface area contributed by atoms with Crippen LogP contribution in [0.1, 0.15) is 30.4 Å². The number of carbonyl (C=O) groups is 1. The predicted molar refractivity (Wildman–Crippen MR) is 74.6 cm³/mol. The second-order valence-electron chi connectivity index (χ2n) is 5.21. The molecule has 4 heteroatoms. The van der Waals surface area contributed by atoms with Crippen LogP contribution >= 0.6 is 0 Å². The van der Waals surface area contributed by atoms with Crippen molar-refractivity contribution in [1.29, 1.82) is 5.26 Å². The molecule has 0 bridgehead atoms. The molecule has 19 heavy (non-hydrogen) atoms. The Kier molecular flexibility index (Phi) is 4.06. The molecule has 1 aliphatic heterocycles. The first-order valence-corrected chi connectivity index (χ1v) is 6.64. The number of amides is 1. The third-order valence-electron chi connectivity index (χ3n) is 3.80. The van der Waals surface area contributed by atoms with Crippen LogP contribution in [0.2, 0.25) is 0 Å². The third-order valence-corrected chi connectivity index (χ3v) is 3.80. The van der Waals surface area contributed by atoms with Gasteiger partial charge in [-0.25, -0.2) is 0 Å². The summed E-state index contributed by atoms with van der Waals surface area (Å²) in [6.07, 6.45) is 2.50. The van der Waals surface area contributed by atoms with Gasteiger partial charge >= 0.3 is 0 Å². The van der Waals surface area contributed by atoms with Gasteiger partial charge in [0, 0.05) is 25.2 Å². The third kappa shape index (κ3) is 3.25. The summed E-state index contributed by atoms with van der Waals surface area (Å²) < 4.78 is 0. The summed E-state index contributed by atoms with van der Waals surface area (Å²) in [5.41, 5.74) is 8.14. The fourth-order valence-corrected chi connectivity index (χ4v) is 2.65. The number of anilines is 1. The molecular weight excluding hydrogens is 238 g/mol. The molecule has 0 saturated carbocycles. The number of nitrogens with zero attached hydrogens (tertiary/aromatic N) is 2. The summed E-state index contributed by atoms with van der Waals surface area (Å²) in [5.74, 6) is 0.223. The van der Waals surface area contributed by atoms with E-state index in [2.05, 4.69) is 17.0 Å². The lowest BCUT2D eigenvalue weighted by Crippen LogP contribution is -2.35. The van der Waals surface area contributed by atoms with Crippen molar-refractivity contribution in [3.05, 3.63) is 29.3 Å². The van der Waals surface area contributed by atoms with Crippen molar-refractivity contribution >= 4 is 11.6 Å². The van der Waals surface area contributed by atoms with E-state index in [1.165, 1.54) is 0 Å². The Balaban J connectivity index is 2.00. The number of piperidine rings is 1. The molecule has 1 fully saturated rings. The molecule has 100 valence electrons. The lowest BCUT2D eigenvalue weighted by atomic mass is 9.93. The quantitative estimate of drug-likeness (QED) is 0.899. The maximum atomic E-state index is 10.9. The number of aryl methyl sites for hydroxylation is 1. The lowest BCUT2D eigenvalue weighted by Gasteiger charge is -2.33. The SMILES string of the molecule is Cc1cc(N2CCC(CC(N)=O)CC2)ccc1C#N. The highest BCUT2D eigenvalue weighted by Crippen LogP contribution is 2.26. The minimum absolute atomic E-state index is 0.201. The highest BCUT2D eigenvalue weighted by molar-refractivity contribution is 5.74. The summed E-state index contributed by atoms with van der Waals surface area (Å²) in [4.78, 5) is 13.2. The number of nitriles is 1. The van der Waals surface area contributed by atoms with E-state index in [9.17, 15) is 4.79 Å². The molecule has 1 saturated heterocycles. The van der Waals surface area contributed by atoms with Crippen molar-refractivity contribution in [3.8, 4) is 6.07 Å². The molecule has 2 N–H and O–H groups in total. The Morgan fingerprint density at radius 1 is 1.47 bits per heavy atom. The van der Waals surface area contributed by atoms with Gasteiger partial charge in [-0.05, 0) is 49.4 Å². The van der Waals surface area contributed by atoms with Gasteiger partial charge in [0.25, 0.3) is 0 Å². The zero-order chi connectivity index (χ0) is 13.8. The molecule has 0 aliphatic carbocycles. The second-order valence-corrected chi connectivity index (χ2v) is 5.21. The summed E-state index contributed by atoms with van der Waals surface area (Å²) >= 11 is 0. The largest absolute Gasteiger partial charge is 0.372 e. The van der Waals surface area contributed by atoms with Gasteiger partial charge in [0.1, 0.15) is 0 Å². The van der Waals surface area contributed by atoms with Gasteiger partial charge in [-0.2, -0.15) is 5.26 Å². The topological polar surface area (TPSA) is 70.1 Å². The molecule has 0 unspecified atom stereocenters. The van der Waals surface area contributed by atoms with Crippen molar-refractivity contribution in [2.24, 2.45) is 11.7 Å². The van der Waals surface area contributed by atoms with E-state index in [4.69, 9.17) is 11.0 Å². The van der Waals surface area contributed by atoms with E-state index in [0.29, 0.717) is 12.3 Å². The van der Waals surface area contributed by atoms with Crippen molar-refractivity contribution in [3.63, 3.8) is 0 Å². The molecule has 1 aromatic rings. The molecule has 1 amide bonds. The van der Waals surface area contributed by atoms with E-state index >= 15 is 0 Å². The van der Waals surface area contributed by atoms with Crippen LogP contribution in [0.3, 0.4) is 0 Å². The van der Waals surface area contributed by atoms with Crippen LogP contribution < -0.4 is 10.6 Å². The fourth-order valence-electron chi connectivity index (χ4n) is 2.65. The van der Waals surface area contributed by atoms with Gasteiger partial charge in [0.15, 0.2) is 0 Å². The zero-order valence-electron chi connectivity index (χ0n) is 11.2. The van der Waals surface area contributed by atoms with Gasteiger partial charge in [-0.1, -0.05) is 0 Å². The molecule has 1 aromatic carbocycles. The molecule has 0 radical (unpaired) electrons. The minimum atomic E-state index is -0.201. The van der Waals surface area contributed by atoms with Crippen molar-refractivity contribution in [2.75, 3.05) is 18.0 Å². The fraction of sp³-hybridized carbons (Fsp3) is 0.467. The normalized spacial score (nSPS) is 16.1. The Morgan fingerprint density at radius 2 is 2.16 bits per heavy atom. The number of rotatable bonds is 3. The second kappa shape index (κ2) is 5.75. The van der Waals surface area contributed by atoms with Crippen LogP contribution in [0.15, 0.2) is 18.2 Å². The maximum absolute atomic E-state index is 10.9. The number of carbonyl (C=O) groups excluding carboxylic acids is 1. The molecule has 2 rings (SSSR count). The highest BCUT2D eigenvalue weighted by atomic mass is 16.1. The average Bonchev–Trinajstić information content (AvgIpc) is 2.39. The van der Waals surface area contributed by atoms with E-state index in [1.807, 2.05) is 19.1 Å². The monoisotopic (exact) mass is 257 g/mol. The predicted octanol–water partition coefficient (Wildman–Crippen LogP) is 1.96. The Hall–Kier alpha value is -2.02. The van der Waals surface area contributed by atoms with E-state index in [-0.39, 0.29) is 5.91 Å². The van der Waals surface area contributed by atoms with Crippen LogP contribution in [0.5, 0.6) is 0 Å². The number of benzene rings is 1. The molecule has 0 spiro atoms. The van der Waals surface area contributed by atoms with Crippen LogP contribution in [-0.2, 0) is 4.79 Å². The molecule has 1 heterocycles. The van der Waals surface area contributed by atoms with Crippen LogP contribution in [0.4, 0.5) is 5.69 Å². The van der Waals surface area contributed by atoms with Gasteiger partial charge in [-0.3, -0.25) is 4.79 Å². The molecular formula is C15H19N3O. The molecule has 0 atom stereocenters. The summed E-state index contributed by atoms with van der Waals surface area (Å²) in [6, 6.07) is 8.12. The van der Waals surface area contributed by atoms with E-state index in [0.717, 1.165) is 42.7 Å². The van der Waals surface area contributed by atoms with Gasteiger partial charge in [0.05, 0.1) is 11.6 Å². The number of hydrogen-bond donors (Lipinski definition) is 1. The highest BCUT2D eigenvalue weighted by Gasteiger charge is 2.21. The number of primary amides is 1. The van der Waals surface area contributed by atoms with Crippen molar-refractivity contribution in [1.82, 2.24) is 0 Å². The molecule has 4 nitrogen and oxygen atoms in total. The Labute approximate surface area is 113 Å². The first-order chi connectivity index (χ1) is 9.10. The minimum Gasteiger partial charge on any atom is -0.372 e. The van der Waals surface area contributed by atoms with Gasteiger partial charge < -0.3 is 10.6 Å². The maximum Gasteiger partial charge on any atom is 0.217 e. The molecule has 0 aromatic heterocycles. The Bertz CT molecular complexity index is 511.